The molecule has 57 heavy (non-hydrogen) atoms. The van der Waals surface area contributed by atoms with Crippen molar-refractivity contribution in [3.05, 3.63) is 75.7 Å². The number of benzene rings is 1. The van der Waals surface area contributed by atoms with E-state index in [9.17, 15) is 46.3 Å². The number of para-hydroxylation sites is 1. The first-order chi connectivity index (χ1) is 27.0. The highest BCUT2D eigenvalue weighted by molar-refractivity contribution is 7.10. The van der Waals surface area contributed by atoms with Gasteiger partial charge >= 0.3 is 18.3 Å². The fourth-order valence-electron chi connectivity index (χ4n) is 8.82. The van der Waals surface area contributed by atoms with Crippen molar-refractivity contribution in [1.29, 1.82) is 5.26 Å². The van der Waals surface area contributed by atoms with Gasteiger partial charge in [0.15, 0.2) is 11.4 Å². The van der Waals surface area contributed by atoms with Crippen LogP contribution in [0.5, 0.6) is 11.5 Å². The molecule has 1 N–H and O–H groups in total. The number of aromatic nitrogens is 1. The molecule has 306 valence electrons. The molecular weight excluding hydrogens is 777 g/mol. The summed E-state index contributed by atoms with van der Waals surface area (Å²) in [6, 6.07) is 9.77. The van der Waals surface area contributed by atoms with Gasteiger partial charge < -0.3 is 19.5 Å². The molecule has 2 saturated carbocycles. The molecule has 3 fully saturated rings. The number of pyridine rings is 1. The molecule has 3 heterocycles. The minimum atomic E-state index is -4.89. The average Bonchev–Trinajstić information content (AvgIpc) is 3.65. The number of likely N-dealkylation sites (tertiary alicyclic amines) is 1. The van der Waals surface area contributed by atoms with Crippen molar-refractivity contribution in [2.75, 3.05) is 13.2 Å². The van der Waals surface area contributed by atoms with Crippen LogP contribution in [-0.4, -0.2) is 57.4 Å². The highest BCUT2D eigenvalue weighted by atomic mass is 32.1. The van der Waals surface area contributed by atoms with Crippen molar-refractivity contribution in [2.45, 2.75) is 113 Å². The number of ketones is 1. The Balaban J connectivity index is 1.31. The van der Waals surface area contributed by atoms with E-state index in [1.54, 1.807) is 31.2 Å². The zero-order valence-corrected chi connectivity index (χ0v) is 32.1. The molecule has 3 aromatic rings. The van der Waals surface area contributed by atoms with Gasteiger partial charge in [-0.3, -0.25) is 19.4 Å². The molecule has 16 heteroatoms. The van der Waals surface area contributed by atoms with E-state index < -0.39 is 74.4 Å². The van der Waals surface area contributed by atoms with Crippen LogP contribution in [0.2, 0.25) is 0 Å². The number of ether oxygens (including phenoxy) is 2. The maximum Gasteiger partial charge on any atom is 0.425 e. The monoisotopic (exact) mass is 819 g/mol. The Labute approximate surface area is 330 Å². The molecular formula is C41H43F6N3O6S. The number of rotatable bonds is 13. The van der Waals surface area contributed by atoms with Gasteiger partial charge in [0, 0.05) is 41.9 Å². The molecule has 3 aliphatic rings. The molecule has 0 spiro atoms. The maximum atomic E-state index is 15.1. The number of piperidine rings is 1. The molecule has 0 unspecified atom stereocenters. The number of amides is 1. The summed E-state index contributed by atoms with van der Waals surface area (Å²) in [6.45, 7) is 1.86. The Hall–Kier alpha value is -4.65. The molecule has 9 nitrogen and oxygen atoms in total. The van der Waals surface area contributed by atoms with E-state index in [-0.39, 0.29) is 63.8 Å². The predicted octanol–water partition coefficient (Wildman–Crippen LogP) is 9.65. The first-order valence-electron chi connectivity index (χ1n) is 19.1. The Kier molecular flexibility index (Phi) is 12.0. The Bertz CT molecular complexity index is 2000. The molecule has 0 radical (unpaired) electrons. The normalized spacial score (nSPS) is 24.8. The number of hydrogen-bond donors (Lipinski definition) is 1. The minimum Gasteiger partial charge on any atom is -0.493 e. The van der Waals surface area contributed by atoms with Gasteiger partial charge in [0.2, 0.25) is 0 Å². The quantitative estimate of drug-likeness (QED) is 0.169. The first kappa shape index (κ1) is 42.0. The van der Waals surface area contributed by atoms with E-state index in [2.05, 4.69) is 11.1 Å². The third-order valence-corrected chi connectivity index (χ3v) is 13.0. The predicted molar refractivity (Wildman–Crippen MR) is 196 cm³/mol. The van der Waals surface area contributed by atoms with E-state index in [1.807, 2.05) is 0 Å². The van der Waals surface area contributed by atoms with Crippen LogP contribution >= 0.6 is 11.3 Å². The van der Waals surface area contributed by atoms with E-state index in [0.717, 1.165) is 30.3 Å². The average molecular weight is 820 g/mol. The van der Waals surface area contributed by atoms with Crippen molar-refractivity contribution in [3.8, 4) is 17.6 Å². The summed E-state index contributed by atoms with van der Waals surface area (Å²) < 4.78 is 96.0. The maximum absolute atomic E-state index is 15.1. The fraction of sp³-hybridized carbons (Fsp3) is 0.537. The van der Waals surface area contributed by atoms with E-state index in [4.69, 9.17) is 9.47 Å². The van der Waals surface area contributed by atoms with Crippen LogP contribution in [0.15, 0.2) is 54.2 Å². The van der Waals surface area contributed by atoms with E-state index >= 15 is 4.79 Å². The van der Waals surface area contributed by atoms with Gasteiger partial charge in [-0.05, 0) is 76.3 Å². The van der Waals surface area contributed by atoms with Crippen LogP contribution in [0.25, 0.3) is 0 Å². The standard InChI is InChI=1S/C41H43F6N3O6S/c1-2-7-32-39(56-27-22-33(57-24-27)41(45,46)47,15-6-20-50(32)35(52)28-23-49-19-12-29(28)40(42,43)44)34(51)26-10-16-38(25-48,17-11-26)30-8-3-4-9-31(30)55-21-18-37(36(53)54)13-5-14-37/h3-4,8-9,12,19,22-24,26,32H,2,5-7,10-11,13-18,20-21H2,1H3,(H,53,54)/t26?,32-,38?,39+/m1/s1. The summed E-state index contributed by atoms with van der Waals surface area (Å²) in [5.74, 6) is -2.96. The summed E-state index contributed by atoms with van der Waals surface area (Å²) >= 11 is 0.377. The Morgan fingerprint density at radius 2 is 1.74 bits per heavy atom. The number of aliphatic carboxylic acids is 1. The molecule has 1 amide bonds. The Morgan fingerprint density at radius 3 is 2.33 bits per heavy atom. The molecule has 0 bridgehead atoms. The lowest BCUT2D eigenvalue weighted by molar-refractivity contribution is -0.155. The lowest BCUT2D eigenvalue weighted by atomic mass is 9.63. The van der Waals surface area contributed by atoms with Crippen molar-refractivity contribution < 1.29 is 55.3 Å². The van der Waals surface area contributed by atoms with Gasteiger partial charge in [-0.25, -0.2) is 0 Å². The van der Waals surface area contributed by atoms with E-state index in [0.29, 0.717) is 54.4 Å². The topological polar surface area (TPSA) is 130 Å². The van der Waals surface area contributed by atoms with Crippen molar-refractivity contribution >= 4 is 29.0 Å². The van der Waals surface area contributed by atoms with Crippen molar-refractivity contribution in [1.82, 2.24) is 9.88 Å². The molecule has 2 aliphatic carbocycles. The molecule has 2 aromatic heterocycles. The molecule has 6 rings (SSSR count). The second-order valence-electron chi connectivity index (χ2n) is 15.3. The fourth-order valence-corrected chi connectivity index (χ4v) is 9.50. The number of thiophene rings is 1. The van der Waals surface area contributed by atoms with Crippen LogP contribution in [-0.2, 0) is 27.4 Å². The third-order valence-electron chi connectivity index (χ3n) is 12.0. The molecule has 1 saturated heterocycles. The number of carbonyl (C=O) groups is 3. The largest absolute Gasteiger partial charge is 0.493 e. The number of nitriles is 1. The number of carbonyl (C=O) groups excluding carboxylic acids is 2. The number of alkyl halides is 6. The number of carboxylic acids is 1. The smallest absolute Gasteiger partial charge is 0.425 e. The number of Topliss-reactive ketones (excluding diaryl/α,β-unsaturated/α-hetero) is 1. The van der Waals surface area contributed by atoms with Gasteiger partial charge in [0.1, 0.15) is 16.4 Å². The Morgan fingerprint density at radius 1 is 1.02 bits per heavy atom. The van der Waals surface area contributed by atoms with Crippen molar-refractivity contribution in [3.63, 3.8) is 0 Å². The lowest BCUT2D eigenvalue weighted by Gasteiger charge is -2.50. The molecule has 1 aromatic carbocycles. The highest BCUT2D eigenvalue weighted by Crippen LogP contribution is 2.49. The van der Waals surface area contributed by atoms with Gasteiger partial charge in [0.25, 0.3) is 5.91 Å². The molecule has 1 aliphatic heterocycles. The summed E-state index contributed by atoms with van der Waals surface area (Å²) in [6.07, 6.45) is -4.32. The number of carboxylic acid groups (broad SMARTS) is 1. The minimum absolute atomic E-state index is 0.00888. The number of halogens is 6. The van der Waals surface area contributed by atoms with Gasteiger partial charge in [-0.2, -0.15) is 31.6 Å². The van der Waals surface area contributed by atoms with Crippen molar-refractivity contribution in [2.24, 2.45) is 11.3 Å². The van der Waals surface area contributed by atoms with Crippen LogP contribution in [0.1, 0.15) is 110 Å². The second-order valence-corrected chi connectivity index (χ2v) is 16.2. The number of nitrogens with zero attached hydrogens (tertiary/aromatic N) is 3. The first-order valence-corrected chi connectivity index (χ1v) is 20.0. The lowest BCUT2D eigenvalue weighted by Crippen LogP contribution is -2.66. The molecule has 2 atom stereocenters. The van der Waals surface area contributed by atoms with Gasteiger partial charge in [-0.15, -0.1) is 11.3 Å². The van der Waals surface area contributed by atoms with E-state index in [1.165, 1.54) is 4.90 Å². The van der Waals surface area contributed by atoms with Crippen LogP contribution in [0.4, 0.5) is 26.3 Å². The summed E-state index contributed by atoms with van der Waals surface area (Å²) in [4.78, 5) is 45.1. The van der Waals surface area contributed by atoms with Crippen LogP contribution < -0.4 is 9.47 Å². The van der Waals surface area contributed by atoms with Crippen LogP contribution in [0.3, 0.4) is 0 Å². The number of hydrogen-bond acceptors (Lipinski definition) is 8. The summed E-state index contributed by atoms with van der Waals surface area (Å²) in [5, 5.41) is 21.5. The second kappa shape index (κ2) is 16.3. The van der Waals surface area contributed by atoms with Gasteiger partial charge in [-0.1, -0.05) is 38.0 Å². The van der Waals surface area contributed by atoms with Gasteiger partial charge in [0.05, 0.1) is 40.7 Å². The SMILES string of the molecule is CCC[C@H]1N(C(=O)c2cnccc2C(F)(F)F)CCC[C@@]1(Oc1csc(C(F)(F)F)c1)C(=O)C1CCC(C#N)(c2ccccc2OCCC2(C(=O)O)CCC2)CC1. The van der Waals surface area contributed by atoms with Crippen LogP contribution in [0, 0.1) is 22.7 Å². The summed E-state index contributed by atoms with van der Waals surface area (Å²) in [5.41, 5.74) is -5.17. The zero-order chi connectivity index (χ0) is 41.2. The zero-order valence-electron chi connectivity index (χ0n) is 31.3. The summed E-state index contributed by atoms with van der Waals surface area (Å²) in [7, 11) is 0. The highest BCUT2D eigenvalue weighted by Gasteiger charge is 2.57. The third kappa shape index (κ3) is 8.22.